The van der Waals surface area contributed by atoms with Crippen LogP contribution in [0.3, 0.4) is 0 Å². The Morgan fingerprint density at radius 3 is 2.10 bits per heavy atom. The van der Waals surface area contributed by atoms with Crippen LogP contribution in [0.25, 0.3) is 0 Å². The minimum absolute atomic E-state index is 0.136. The number of ketones is 1. The van der Waals surface area contributed by atoms with Gasteiger partial charge in [-0.2, -0.15) is 0 Å². The van der Waals surface area contributed by atoms with Crippen LogP contribution < -0.4 is 5.32 Å². The molecule has 3 fully saturated rings. The summed E-state index contributed by atoms with van der Waals surface area (Å²) in [6.45, 7) is 3.91. The normalized spacial score (nSPS) is 20.2. The van der Waals surface area contributed by atoms with Crippen LogP contribution in [0.1, 0.15) is 87.9 Å². The van der Waals surface area contributed by atoms with Gasteiger partial charge in [0, 0.05) is 31.0 Å². The van der Waals surface area contributed by atoms with Crippen molar-refractivity contribution in [2.45, 2.75) is 83.6 Å². The minimum Gasteiger partial charge on any atom is -0.342 e. The quantitative estimate of drug-likeness (QED) is 0.714. The van der Waals surface area contributed by atoms with Crippen molar-refractivity contribution >= 4 is 17.6 Å². The van der Waals surface area contributed by atoms with E-state index in [-0.39, 0.29) is 17.7 Å². The van der Waals surface area contributed by atoms with E-state index in [0.717, 1.165) is 38.8 Å². The molecule has 31 heavy (non-hydrogen) atoms. The average molecular weight is 427 g/mol. The summed E-state index contributed by atoms with van der Waals surface area (Å²) < 4.78 is 0. The number of hydrogen-bond acceptors (Lipinski definition) is 3. The summed E-state index contributed by atoms with van der Waals surface area (Å²) in [5, 5.41) is 2.97. The Morgan fingerprint density at radius 2 is 1.52 bits per heavy atom. The first-order chi connectivity index (χ1) is 15.1. The maximum atomic E-state index is 12.3. The molecule has 0 radical (unpaired) electrons. The molecule has 1 aromatic carbocycles. The number of amides is 2. The van der Waals surface area contributed by atoms with Gasteiger partial charge in [0.25, 0.3) is 5.91 Å². The molecule has 5 heteroatoms. The summed E-state index contributed by atoms with van der Waals surface area (Å²) in [4.78, 5) is 38.0. The van der Waals surface area contributed by atoms with Gasteiger partial charge in [-0.3, -0.25) is 14.4 Å². The number of benzene rings is 1. The predicted molar refractivity (Wildman–Crippen MR) is 123 cm³/mol. The molecule has 2 saturated carbocycles. The standard InChI is InChI=1S/C17H23NO2.C9H15NO/c1-2-15(19)16(13-9-5-3-6-10-13)18-17(20)14-11-7-4-8-12-14;11-9(8-4-5-8)10-6-2-1-3-7-10/h4,7-8,11-13,16H,2-3,5-6,9-10H2,1H3,(H,18,20);8H,1-7H2. The summed E-state index contributed by atoms with van der Waals surface area (Å²) in [7, 11) is 0. The maximum Gasteiger partial charge on any atom is 0.251 e. The maximum absolute atomic E-state index is 12.3. The highest BCUT2D eigenvalue weighted by atomic mass is 16.2. The Morgan fingerprint density at radius 1 is 0.903 bits per heavy atom. The van der Waals surface area contributed by atoms with Gasteiger partial charge in [0.2, 0.25) is 5.91 Å². The van der Waals surface area contributed by atoms with E-state index in [0.29, 0.717) is 29.7 Å². The molecular formula is C26H38N2O3. The fraction of sp³-hybridized carbons (Fsp3) is 0.654. The van der Waals surface area contributed by atoms with Gasteiger partial charge in [-0.15, -0.1) is 0 Å². The first-order valence-electron chi connectivity index (χ1n) is 12.3. The van der Waals surface area contributed by atoms with Gasteiger partial charge in [0.1, 0.15) is 0 Å². The highest BCUT2D eigenvalue weighted by Crippen LogP contribution is 2.31. The number of nitrogens with zero attached hydrogens (tertiary/aromatic N) is 1. The molecule has 1 N–H and O–H groups in total. The molecule has 1 unspecified atom stereocenters. The number of nitrogens with one attached hydrogen (secondary N) is 1. The van der Waals surface area contributed by atoms with Gasteiger partial charge in [-0.25, -0.2) is 0 Å². The van der Waals surface area contributed by atoms with Crippen molar-refractivity contribution in [3.63, 3.8) is 0 Å². The Kier molecular flexibility index (Phi) is 9.11. The lowest BCUT2D eigenvalue weighted by molar-refractivity contribution is -0.133. The second-order valence-corrected chi connectivity index (χ2v) is 9.20. The second-order valence-electron chi connectivity index (χ2n) is 9.20. The molecule has 4 rings (SSSR count). The molecule has 170 valence electrons. The predicted octanol–water partition coefficient (Wildman–Crippen LogP) is 4.75. The third-order valence-corrected chi connectivity index (χ3v) is 6.73. The number of carbonyl (C=O) groups excluding carboxylic acids is 3. The van der Waals surface area contributed by atoms with E-state index >= 15 is 0 Å². The number of likely N-dealkylation sites (tertiary alicyclic amines) is 1. The van der Waals surface area contributed by atoms with Crippen LogP contribution in [-0.2, 0) is 9.59 Å². The molecule has 1 heterocycles. The van der Waals surface area contributed by atoms with E-state index in [2.05, 4.69) is 10.2 Å². The van der Waals surface area contributed by atoms with Gasteiger partial charge in [0.05, 0.1) is 6.04 Å². The molecular weight excluding hydrogens is 388 g/mol. The molecule has 1 atom stereocenters. The fourth-order valence-electron chi connectivity index (χ4n) is 4.67. The average Bonchev–Trinajstić information content (AvgIpc) is 3.69. The third-order valence-electron chi connectivity index (χ3n) is 6.73. The molecule has 1 saturated heterocycles. The Hall–Kier alpha value is -2.17. The summed E-state index contributed by atoms with van der Waals surface area (Å²) >= 11 is 0. The topological polar surface area (TPSA) is 66.5 Å². The zero-order chi connectivity index (χ0) is 22.1. The lowest BCUT2D eigenvalue weighted by Crippen LogP contribution is -2.46. The summed E-state index contributed by atoms with van der Waals surface area (Å²) in [5.41, 5.74) is 0.622. The van der Waals surface area contributed by atoms with E-state index in [4.69, 9.17) is 0 Å². The van der Waals surface area contributed by atoms with Crippen LogP contribution in [0.4, 0.5) is 0 Å². The van der Waals surface area contributed by atoms with Crippen LogP contribution in [-0.4, -0.2) is 41.6 Å². The zero-order valence-corrected chi connectivity index (χ0v) is 19.0. The molecule has 0 aromatic heterocycles. The monoisotopic (exact) mass is 426 g/mol. The van der Waals surface area contributed by atoms with Crippen molar-refractivity contribution < 1.29 is 14.4 Å². The lowest BCUT2D eigenvalue weighted by atomic mass is 9.81. The first-order valence-corrected chi connectivity index (χ1v) is 12.3. The Balaban J connectivity index is 0.000000207. The van der Waals surface area contributed by atoms with E-state index in [1.807, 2.05) is 25.1 Å². The first kappa shape index (κ1) is 23.5. The molecule has 1 aromatic rings. The summed E-state index contributed by atoms with van der Waals surface area (Å²) in [6.07, 6.45) is 12.2. The van der Waals surface area contributed by atoms with Crippen molar-refractivity contribution in [2.24, 2.45) is 11.8 Å². The Bertz CT molecular complexity index is 717. The van der Waals surface area contributed by atoms with Gasteiger partial charge in [0.15, 0.2) is 5.78 Å². The molecule has 1 aliphatic heterocycles. The van der Waals surface area contributed by atoms with Crippen molar-refractivity contribution in [3.8, 4) is 0 Å². The van der Waals surface area contributed by atoms with E-state index in [1.165, 1.54) is 38.5 Å². The summed E-state index contributed by atoms with van der Waals surface area (Å²) in [6, 6.07) is 8.81. The van der Waals surface area contributed by atoms with Crippen LogP contribution in [0.2, 0.25) is 0 Å². The molecule has 3 aliphatic rings. The van der Waals surface area contributed by atoms with Crippen LogP contribution >= 0.6 is 0 Å². The molecule has 0 bridgehead atoms. The second kappa shape index (κ2) is 12.0. The zero-order valence-electron chi connectivity index (χ0n) is 19.0. The van der Waals surface area contributed by atoms with Gasteiger partial charge < -0.3 is 10.2 Å². The molecule has 5 nitrogen and oxygen atoms in total. The SMILES string of the molecule is CCC(=O)C(NC(=O)c1ccccc1)C1CCCCC1.O=C(C1CC1)N1CCCCC1. The van der Waals surface area contributed by atoms with E-state index < -0.39 is 0 Å². The lowest BCUT2D eigenvalue weighted by Gasteiger charge is -2.29. The van der Waals surface area contributed by atoms with Crippen molar-refractivity contribution in [1.82, 2.24) is 10.2 Å². The molecule has 2 amide bonds. The van der Waals surface area contributed by atoms with Crippen molar-refractivity contribution in [3.05, 3.63) is 35.9 Å². The highest BCUT2D eigenvalue weighted by Gasteiger charge is 2.33. The third kappa shape index (κ3) is 7.19. The number of hydrogen-bond donors (Lipinski definition) is 1. The largest absolute Gasteiger partial charge is 0.342 e. The van der Waals surface area contributed by atoms with Crippen molar-refractivity contribution in [1.29, 1.82) is 0 Å². The summed E-state index contributed by atoms with van der Waals surface area (Å²) in [5.74, 6) is 1.19. The van der Waals surface area contributed by atoms with Crippen LogP contribution in [0, 0.1) is 11.8 Å². The number of rotatable bonds is 6. The number of carbonyl (C=O) groups is 3. The van der Waals surface area contributed by atoms with E-state index in [1.54, 1.807) is 12.1 Å². The van der Waals surface area contributed by atoms with Crippen LogP contribution in [0.5, 0.6) is 0 Å². The molecule has 0 spiro atoms. The Labute approximate surface area is 187 Å². The fourth-order valence-corrected chi connectivity index (χ4v) is 4.67. The smallest absolute Gasteiger partial charge is 0.251 e. The van der Waals surface area contributed by atoms with E-state index in [9.17, 15) is 14.4 Å². The van der Waals surface area contributed by atoms with Crippen LogP contribution in [0.15, 0.2) is 30.3 Å². The molecule has 2 aliphatic carbocycles. The van der Waals surface area contributed by atoms with Gasteiger partial charge >= 0.3 is 0 Å². The van der Waals surface area contributed by atoms with Crippen molar-refractivity contribution in [2.75, 3.05) is 13.1 Å². The van der Waals surface area contributed by atoms with Gasteiger partial charge in [-0.1, -0.05) is 44.4 Å². The van der Waals surface area contributed by atoms with Gasteiger partial charge in [-0.05, 0) is 63.0 Å². The number of Topliss-reactive ketones (excluding diaryl/α,β-unsaturated/α-hetero) is 1. The minimum atomic E-state index is -0.312. The highest BCUT2D eigenvalue weighted by molar-refractivity contribution is 5.98. The number of piperidine rings is 1.